The molecule has 92 valence electrons. The Morgan fingerprint density at radius 2 is 2.06 bits per heavy atom. The first kappa shape index (κ1) is 11.8. The van der Waals surface area contributed by atoms with Crippen LogP contribution in [0.4, 0.5) is 0 Å². The van der Waals surface area contributed by atoms with E-state index in [0.717, 1.165) is 24.3 Å². The van der Waals surface area contributed by atoms with Crippen LogP contribution in [-0.2, 0) is 13.0 Å². The number of imidazole rings is 1. The minimum atomic E-state index is 0.605. The molecule has 0 radical (unpaired) electrons. The topological polar surface area (TPSA) is 17.8 Å². The Labute approximate surface area is 115 Å². The third-order valence-electron chi connectivity index (χ3n) is 2.95. The number of para-hydroxylation sites is 2. The lowest BCUT2D eigenvalue weighted by Gasteiger charge is -2.06. The predicted octanol–water partition coefficient (Wildman–Crippen LogP) is 3.93. The minimum absolute atomic E-state index is 0.605. The van der Waals surface area contributed by atoms with Crippen LogP contribution in [0.5, 0.6) is 0 Å². The highest BCUT2D eigenvalue weighted by molar-refractivity contribution is 7.09. The molecule has 3 rings (SSSR count). The maximum Gasteiger partial charge on any atom is 0.111 e. The van der Waals surface area contributed by atoms with Crippen LogP contribution in [-0.4, -0.2) is 15.4 Å². The van der Waals surface area contributed by atoms with Gasteiger partial charge in [-0.3, -0.25) is 0 Å². The second kappa shape index (κ2) is 5.12. The van der Waals surface area contributed by atoms with Crippen LogP contribution in [0.2, 0.25) is 0 Å². The van der Waals surface area contributed by atoms with Gasteiger partial charge < -0.3 is 4.57 Å². The fourth-order valence-electron chi connectivity index (χ4n) is 2.14. The van der Waals surface area contributed by atoms with E-state index in [1.807, 2.05) is 6.07 Å². The molecule has 0 saturated carbocycles. The summed E-state index contributed by atoms with van der Waals surface area (Å²) in [5, 5.41) is 2.11. The molecule has 0 amide bonds. The second-order valence-corrected chi connectivity index (χ2v) is 5.53. The van der Waals surface area contributed by atoms with Gasteiger partial charge in [0.1, 0.15) is 5.82 Å². The van der Waals surface area contributed by atoms with Crippen molar-refractivity contribution in [3.05, 3.63) is 52.5 Å². The maximum absolute atomic E-state index is 5.87. The first-order valence-electron chi connectivity index (χ1n) is 5.91. The number of hydrogen-bond donors (Lipinski definition) is 0. The number of thiophene rings is 1. The zero-order chi connectivity index (χ0) is 12.4. The number of nitrogens with zero attached hydrogens (tertiary/aromatic N) is 2. The first-order valence-corrected chi connectivity index (χ1v) is 7.32. The molecule has 0 bridgehead atoms. The quantitative estimate of drug-likeness (QED) is 0.660. The maximum atomic E-state index is 5.87. The van der Waals surface area contributed by atoms with Crippen LogP contribution < -0.4 is 0 Å². The van der Waals surface area contributed by atoms with Gasteiger partial charge in [-0.2, -0.15) is 0 Å². The normalized spacial score (nSPS) is 11.2. The van der Waals surface area contributed by atoms with Gasteiger partial charge in [0.15, 0.2) is 0 Å². The van der Waals surface area contributed by atoms with Gasteiger partial charge in [-0.25, -0.2) is 4.98 Å². The van der Waals surface area contributed by atoms with Crippen LogP contribution in [0.15, 0.2) is 41.8 Å². The molecule has 1 aromatic carbocycles. The molecule has 3 aromatic rings. The zero-order valence-electron chi connectivity index (χ0n) is 9.84. The van der Waals surface area contributed by atoms with E-state index in [0.29, 0.717) is 5.88 Å². The summed E-state index contributed by atoms with van der Waals surface area (Å²) in [4.78, 5) is 6.01. The summed E-state index contributed by atoms with van der Waals surface area (Å²) < 4.78 is 2.27. The Hall–Kier alpha value is -1.32. The van der Waals surface area contributed by atoms with Gasteiger partial charge in [-0.15, -0.1) is 22.9 Å². The smallest absolute Gasteiger partial charge is 0.111 e. The number of aryl methyl sites for hydroxylation is 1. The van der Waals surface area contributed by atoms with Gasteiger partial charge in [0, 0.05) is 17.2 Å². The number of aromatic nitrogens is 2. The molecule has 0 aliphatic carbocycles. The number of benzene rings is 1. The Bertz CT molecular complexity index is 643. The number of rotatable bonds is 4. The summed E-state index contributed by atoms with van der Waals surface area (Å²) in [5.41, 5.74) is 2.24. The van der Waals surface area contributed by atoms with E-state index in [1.54, 1.807) is 11.3 Å². The number of alkyl halides is 1. The molecule has 0 atom stereocenters. The Kier molecular flexibility index (Phi) is 3.35. The summed E-state index contributed by atoms with van der Waals surface area (Å²) in [6.07, 6.45) is 0.807. The van der Waals surface area contributed by atoms with Gasteiger partial charge in [-0.05, 0) is 23.6 Å². The molecule has 2 nitrogen and oxygen atoms in total. The van der Waals surface area contributed by atoms with Gasteiger partial charge in [0.05, 0.1) is 17.6 Å². The summed E-state index contributed by atoms with van der Waals surface area (Å²) >= 11 is 7.64. The van der Waals surface area contributed by atoms with Gasteiger partial charge in [0.2, 0.25) is 0 Å². The molecule has 0 aliphatic rings. The Morgan fingerprint density at radius 3 is 2.83 bits per heavy atom. The van der Waals surface area contributed by atoms with Crippen molar-refractivity contribution in [3.8, 4) is 0 Å². The highest BCUT2D eigenvalue weighted by Gasteiger charge is 2.10. The summed E-state index contributed by atoms with van der Waals surface area (Å²) in [7, 11) is 0. The molecule has 2 heterocycles. The average molecular weight is 277 g/mol. The van der Waals surface area contributed by atoms with Crippen molar-refractivity contribution in [2.45, 2.75) is 13.0 Å². The van der Waals surface area contributed by atoms with Gasteiger partial charge in [0.25, 0.3) is 0 Å². The number of fused-ring (bicyclic) bond motifs is 1. The standard InChI is InChI=1S/C14H13ClN2S/c15-8-7-14-16-12-5-1-2-6-13(12)17(14)10-11-4-3-9-18-11/h1-6,9H,7-8,10H2. The highest BCUT2D eigenvalue weighted by Crippen LogP contribution is 2.20. The third kappa shape index (κ3) is 2.16. The van der Waals surface area contributed by atoms with E-state index in [4.69, 9.17) is 11.6 Å². The molecule has 2 aromatic heterocycles. The molecular weight excluding hydrogens is 264 g/mol. The molecular formula is C14H13ClN2S. The van der Waals surface area contributed by atoms with Crippen LogP contribution in [0.3, 0.4) is 0 Å². The minimum Gasteiger partial charge on any atom is -0.323 e. The summed E-state index contributed by atoms with van der Waals surface area (Å²) in [6.45, 7) is 0.879. The SMILES string of the molecule is ClCCc1nc2ccccc2n1Cc1cccs1. The summed E-state index contributed by atoms with van der Waals surface area (Å²) in [5.74, 6) is 1.67. The Balaban J connectivity index is 2.09. The average Bonchev–Trinajstić information content (AvgIpc) is 3.00. The second-order valence-electron chi connectivity index (χ2n) is 4.12. The Morgan fingerprint density at radius 1 is 1.17 bits per heavy atom. The largest absolute Gasteiger partial charge is 0.323 e. The lowest BCUT2D eigenvalue weighted by Crippen LogP contribution is -2.04. The van der Waals surface area contributed by atoms with Gasteiger partial charge >= 0.3 is 0 Å². The molecule has 18 heavy (non-hydrogen) atoms. The molecule has 0 saturated heterocycles. The van der Waals surface area contributed by atoms with Crippen molar-refractivity contribution in [3.63, 3.8) is 0 Å². The van der Waals surface area contributed by atoms with E-state index in [-0.39, 0.29) is 0 Å². The first-order chi connectivity index (χ1) is 8.88. The molecule has 0 aliphatic heterocycles. The van der Waals surface area contributed by atoms with Gasteiger partial charge in [-0.1, -0.05) is 18.2 Å². The van der Waals surface area contributed by atoms with E-state index >= 15 is 0 Å². The van der Waals surface area contributed by atoms with Crippen molar-refractivity contribution in [1.82, 2.24) is 9.55 Å². The third-order valence-corrected chi connectivity index (χ3v) is 4.00. The summed E-state index contributed by atoms with van der Waals surface area (Å²) in [6, 6.07) is 12.5. The fraction of sp³-hybridized carbons (Fsp3) is 0.214. The number of halogens is 1. The van der Waals surface area contributed by atoms with Crippen molar-refractivity contribution in [1.29, 1.82) is 0 Å². The molecule has 0 unspecified atom stereocenters. The zero-order valence-corrected chi connectivity index (χ0v) is 11.4. The molecule has 0 N–H and O–H groups in total. The molecule has 0 spiro atoms. The molecule has 0 fully saturated rings. The van der Waals surface area contributed by atoms with Crippen molar-refractivity contribution in [2.75, 3.05) is 5.88 Å². The van der Waals surface area contributed by atoms with E-state index in [1.165, 1.54) is 10.4 Å². The van der Waals surface area contributed by atoms with Crippen LogP contribution in [0.1, 0.15) is 10.7 Å². The van der Waals surface area contributed by atoms with Crippen LogP contribution >= 0.6 is 22.9 Å². The number of hydrogen-bond acceptors (Lipinski definition) is 2. The lowest BCUT2D eigenvalue weighted by molar-refractivity contribution is 0.763. The molecule has 4 heteroatoms. The van der Waals surface area contributed by atoms with Crippen LogP contribution in [0.25, 0.3) is 11.0 Å². The van der Waals surface area contributed by atoms with Crippen LogP contribution in [0, 0.1) is 0 Å². The van der Waals surface area contributed by atoms with E-state index < -0.39 is 0 Å². The fourth-order valence-corrected chi connectivity index (χ4v) is 3.00. The van der Waals surface area contributed by atoms with Crippen molar-refractivity contribution >= 4 is 34.0 Å². The highest BCUT2D eigenvalue weighted by atomic mass is 35.5. The van der Waals surface area contributed by atoms with Crippen molar-refractivity contribution in [2.24, 2.45) is 0 Å². The van der Waals surface area contributed by atoms with E-state index in [9.17, 15) is 0 Å². The van der Waals surface area contributed by atoms with E-state index in [2.05, 4.69) is 45.3 Å². The predicted molar refractivity (Wildman–Crippen MR) is 77.6 cm³/mol. The van der Waals surface area contributed by atoms with Crippen molar-refractivity contribution < 1.29 is 0 Å². The lowest BCUT2D eigenvalue weighted by atomic mass is 10.3. The monoisotopic (exact) mass is 276 g/mol.